The van der Waals surface area contributed by atoms with E-state index in [0.29, 0.717) is 6.42 Å². The molecule has 0 aliphatic carbocycles. The molecule has 4 nitrogen and oxygen atoms in total. The highest BCUT2D eigenvalue weighted by atomic mass is 79.9. The fraction of sp³-hybridized carbons (Fsp3) is 0.478. The normalized spacial score (nSPS) is 29.0. The molecule has 0 amide bonds. The van der Waals surface area contributed by atoms with Crippen molar-refractivity contribution in [2.75, 3.05) is 6.54 Å². The summed E-state index contributed by atoms with van der Waals surface area (Å²) < 4.78 is 13.6. The summed E-state index contributed by atoms with van der Waals surface area (Å²) >= 11 is 3.51. The number of epoxide rings is 1. The first-order chi connectivity index (χ1) is 13.3. The molecule has 2 heterocycles. The molecule has 2 fully saturated rings. The van der Waals surface area contributed by atoms with Gasteiger partial charge in [0.25, 0.3) is 0 Å². The first kappa shape index (κ1) is 20.0. The molecule has 0 radical (unpaired) electrons. The Morgan fingerprint density at radius 3 is 2.50 bits per heavy atom. The average molecular weight is 446 g/mol. The second-order valence-electron chi connectivity index (χ2n) is 8.58. The Hall–Kier alpha value is -1.24. The van der Waals surface area contributed by atoms with Crippen molar-refractivity contribution >= 4 is 15.9 Å². The predicted octanol–water partition coefficient (Wildman–Crippen LogP) is 4.97. The zero-order chi connectivity index (χ0) is 19.9. The van der Waals surface area contributed by atoms with Crippen LogP contribution in [-0.2, 0) is 15.1 Å². The summed E-state index contributed by atoms with van der Waals surface area (Å²) in [5.41, 5.74) is 0.955. The first-order valence-corrected chi connectivity index (χ1v) is 10.7. The van der Waals surface area contributed by atoms with Crippen molar-refractivity contribution < 1.29 is 14.6 Å². The average Bonchev–Trinajstić information content (AvgIpc) is 3.41. The van der Waals surface area contributed by atoms with Gasteiger partial charge in [-0.15, -0.1) is 0 Å². The third-order valence-electron chi connectivity index (χ3n) is 5.74. The lowest BCUT2D eigenvalue weighted by Gasteiger charge is -2.38. The molecule has 150 valence electrons. The highest BCUT2D eigenvalue weighted by Crippen LogP contribution is 2.47. The van der Waals surface area contributed by atoms with Crippen LogP contribution in [0.2, 0.25) is 0 Å². The van der Waals surface area contributed by atoms with Gasteiger partial charge in [0.05, 0.1) is 5.60 Å². The second kappa shape index (κ2) is 7.54. The maximum Gasteiger partial charge on any atom is 0.200 e. The van der Waals surface area contributed by atoms with Gasteiger partial charge in [0.2, 0.25) is 6.29 Å². The molecule has 2 saturated heterocycles. The number of aliphatic hydroxyl groups is 1. The van der Waals surface area contributed by atoms with E-state index in [9.17, 15) is 5.11 Å². The topological polar surface area (TPSA) is 45.2 Å². The lowest BCUT2D eigenvalue weighted by molar-refractivity contribution is -0.136. The van der Waals surface area contributed by atoms with Gasteiger partial charge in [-0.3, -0.25) is 4.90 Å². The van der Waals surface area contributed by atoms with E-state index in [0.717, 1.165) is 23.0 Å². The molecule has 0 spiro atoms. The van der Waals surface area contributed by atoms with Gasteiger partial charge in [0.1, 0.15) is 5.60 Å². The number of rotatable bonds is 5. The smallest absolute Gasteiger partial charge is 0.200 e. The van der Waals surface area contributed by atoms with Crippen molar-refractivity contribution in [1.29, 1.82) is 0 Å². The summed E-state index contributed by atoms with van der Waals surface area (Å²) in [5, 5.41) is 10.6. The van der Waals surface area contributed by atoms with Gasteiger partial charge in [-0.05, 0) is 50.5 Å². The summed E-state index contributed by atoms with van der Waals surface area (Å²) in [6, 6.07) is 18.9. The number of benzene rings is 2. The zero-order valence-corrected chi connectivity index (χ0v) is 18.2. The van der Waals surface area contributed by atoms with Crippen molar-refractivity contribution in [2.45, 2.75) is 63.4 Å². The third-order valence-corrected chi connectivity index (χ3v) is 6.27. The molecular formula is C23H28BrNO3. The minimum atomic E-state index is -0.841. The Labute approximate surface area is 175 Å². The molecule has 0 aromatic heterocycles. The minimum absolute atomic E-state index is 0.0361. The van der Waals surface area contributed by atoms with E-state index >= 15 is 0 Å². The number of ether oxygens (including phenoxy) is 2. The van der Waals surface area contributed by atoms with Crippen molar-refractivity contribution in [3.05, 3.63) is 70.2 Å². The summed E-state index contributed by atoms with van der Waals surface area (Å²) in [5.74, 6) is 0. The lowest BCUT2D eigenvalue weighted by Crippen LogP contribution is -2.40. The molecule has 2 aromatic rings. The Balaban J connectivity index is 1.62. The molecule has 4 rings (SSSR count). The lowest BCUT2D eigenvalue weighted by atomic mass is 9.81. The Morgan fingerprint density at radius 1 is 1.18 bits per heavy atom. The monoisotopic (exact) mass is 445 g/mol. The number of hydrogen-bond acceptors (Lipinski definition) is 4. The van der Waals surface area contributed by atoms with E-state index in [4.69, 9.17) is 9.47 Å². The molecule has 0 saturated carbocycles. The van der Waals surface area contributed by atoms with Gasteiger partial charge in [-0.25, -0.2) is 0 Å². The van der Waals surface area contributed by atoms with Crippen LogP contribution in [0, 0.1) is 0 Å². The molecule has 2 aliphatic heterocycles. The number of halogens is 1. The number of hydrogen-bond donors (Lipinski definition) is 1. The van der Waals surface area contributed by atoms with Crippen LogP contribution in [0.4, 0.5) is 0 Å². The van der Waals surface area contributed by atoms with Gasteiger partial charge in [-0.1, -0.05) is 58.4 Å². The maximum atomic E-state index is 10.6. The standard InChI is InChI=1S/C23H28BrNO3/c1-16(17-9-11-19(24)12-10-17)25-14-13-23(15-22(2,3)26,28-21-20(25)27-21)18-7-5-4-6-8-18/h4-12,16,20-21,26H,13-15H2,1-3H3. The Kier molecular flexibility index (Phi) is 5.40. The van der Waals surface area contributed by atoms with Crippen LogP contribution in [0.1, 0.15) is 50.8 Å². The molecule has 2 aromatic carbocycles. The molecule has 4 unspecified atom stereocenters. The van der Waals surface area contributed by atoms with E-state index in [2.05, 4.69) is 64.2 Å². The SMILES string of the molecule is CC(c1ccc(Br)cc1)N1CCC(CC(C)(C)O)(c2ccccc2)OC2OC21. The predicted molar refractivity (Wildman–Crippen MR) is 113 cm³/mol. The first-order valence-electron chi connectivity index (χ1n) is 9.90. The van der Waals surface area contributed by atoms with Crippen molar-refractivity contribution in [3.63, 3.8) is 0 Å². The third kappa shape index (κ3) is 4.19. The second-order valence-corrected chi connectivity index (χ2v) is 9.49. The van der Waals surface area contributed by atoms with Crippen LogP contribution in [0.15, 0.2) is 59.1 Å². The molecule has 4 atom stereocenters. The van der Waals surface area contributed by atoms with Crippen LogP contribution < -0.4 is 0 Å². The molecule has 1 N–H and O–H groups in total. The number of fused-ring (bicyclic) bond motifs is 1. The fourth-order valence-corrected chi connectivity index (χ4v) is 4.63. The molecule has 5 heteroatoms. The van der Waals surface area contributed by atoms with Gasteiger partial charge >= 0.3 is 0 Å². The minimum Gasteiger partial charge on any atom is -0.390 e. The van der Waals surface area contributed by atoms with E-state index in [-0.39, 0.29) is 18.6 Å². The molecule has 0 bridgehead atoms. The summed E-state index contributed by atoms with van der Waals surface area (Å²) in [6.45, 7) is 6.75. The van der Waals surface area contributed by atoms with Gasteiger partial charge in [0, 0.05) is 23.5 Å². The van der Waals surface area contributed by atoms with E-state index in [1.54, 1.807) is 0 Å². The Morgan fingerprint density at radius 2 is 1.86 bits per heavy atom. The van der Waals surface area contributed by atoms with Crippen molar-refractivity contribution in [3.8, 4) is 0 Å². The van der Waals surface area contributed by atoms with E-state index in [1.807, 2.05) is 32.0 Å². The van der Waals surface area contributed by atoms with Crippen LogP contribution >= 0.6 is 15.9 Å². The van der Waals surface area contributed by atoms with Crippen molar-refractivity contribution in [1.82, 2.24) is 4.90 Å². The van der Waals surface area contributed by atoms with Crippen LogP contribution in [-0.4, -0.2) is 34.7 Å². The van der Waals surface area contributed by atoms with Crippen molar-refractivity contribution in [2.24, 2.45) is 0 Å². The van der Waals surface area contributed by atoms with Crippen LogP contribution in [0.3, 0.4) is 0 Å². The zero-order valence-electron chi connectivity index (χ0n) is 16.6. The molecule has 28 heavy (non-hydrogen) atoms. The maximum absolute atomic E-state index is 10.6. The highest BCUT2D eigenvalue weighted by Gasteiger charge is 2.55. The van der Waals surface area contributed by atoms with E-state index in [1.165, 1.54) is 5.56 Å². The largest absolute Gasteiger partial charge is 0.390 e. The molecular weight excluding hydrogens is 418 g/mol. The quantitative estimate of drug-likeness (QED) is 0.659. The van der Waals surface area contributed by atoms with E-state index < -0.39 is 11.2 Å². The highest BCUT2D eigenvalue weighted by molar-refractivity contribution is 9.10. The van der Waals surface area contributed by atoms with Gasteiger partial charge < -0.3 is 14.6 Å². The Bertz CT molecular complexity index is 805. The summed E-state index contributed by atoms with van der Waals surface area (Å²) in [6.07, 6.45) is 1.03. The molecule has 2 aliphatic rings. The summed E-state index contributed by atoms with van der Waals surface area (Å²) in [7, 11) is 0. The van der Waals surface area contributed by atoms with Crippen LogP contribution in [0.25, 0.3) is 0 Å². The van der Waals surface area contributed by atoms with Crippen LogP contribution in [0.5, 0.6) is 0 Å². The van der Waals surface area contributed by atoms with Gasteiger partial charge in [-0.2, -0.15) is 0 Å². The summed E-state index contributed by atoms with van der Waals surface area (Å²) in [4.78, 5) is 2.38. The van der Waals surface area contributed by atoms with Gasteiger partial charge in [0.15, 0.2) is 6.23 Å². The number of nitrogens with zero attached hydrogens (tertiary/aromatic N) is 1. The fourth-order valence-electron chi connectivity index (χ4n) is 4.36.